The van der Waals surface area contributed by atoms with E-state index in [4.69, 9.17) is 5.26 Å². The first kappa shape index (κ1) is 22.3. The van der Waals surface area contributed by atoms with Gasteiger partial charge in [-0.3, -0.25) is 4.79 Å². The molecule has 1 amide bonds. The number of carbonyl (C=O) groups is 1. The van der Waals surface area contributed by atoms with Crippen molar-refractivity contribution >= 4 is 22.5 Å². The number of anilines is 1. The van der Waals surface area contributed by atoms with Gasteiger partial charge in [-0.25, -0.2) is 0 Å². The molecule has 2 saturated heterocycles. The number of fused-ring (bicyclic) bond motifs is 2. The lowest BCUT2D eigenvalue weighted by Gasteiger charge is -2.43. The summed E-state index contributed by atoms with van der Waals surface area (Å²) in [4.78, 5) is 20.1. The Labute approximate surface area is 194 Å². The van der Waals surface area contributed by atoms with Crippen LogP contribution in [0, 0.1) is 22.7 Å². The maximum atomic E-state index is 13.5. The molecule has 2 N–H and O–H groups in total. The highest BCUT2D eigenvalue weighted by Crippen LogP contribution is 2.45. The topological polar surface area (TPSA) is 83.4 Å². The minimum atomic E-state index is -4.62. The van der Waals surface area contributed by atoms with Gasteiger partial charge in [-0.1, -0.05) is 6.07 Å². The van der Waals surface area contributed by atoms with Crippen LogP contribution in [0.25, 0.3) is 10.9 Å². The number of piperidine rings is 1. The zero-order valence-corrected chi connectivity index (χ0v) is 18.3. The highest BCUT2D eigenvalue weighted by Gasteiger charge is 2.50. The summed E-state index contributed by atoms with van der Waals surface area (Å²) >= 11 is 0. The Morgan fingerprint density at radius 3 is 2.79 bits per heavy atom. The lowest BCUT2D eigenvalue weighted by Crippen LogP contribution is -2.49. The second kappa shape index (κ2) is 8.06. The van der Waals surface area contributed by atoms with Crippen molar-refractivity contribution in [2.45, 2.75) is 12.6 Å². The number of alkyl halides is 3. The van der Waals surface area contributed by atoms with Crippen molar-refractivity contribution in [2.24, 2.45) is 11.3 Å². The number of benzene rings is 2. The Bertz CT molecular complexity index is 1300. The summed E-state index contributed by atoms with van der Waals surface area (Å²) in [6, 6.07) is 12.7. The quantitative estimate of drug-likeness (QED) is 0.608. The van der Waals surface area contributed by atoms with E-state index in [2.05, 4.69) is 4.98 Å². The molecular weight excluding hydrogens is 445 g/mol. The summed E-state index contributed by atoms with van der Waals surface area (Å²) in [6.07, 6.45) is -2.29. The Morgan fingerprint density at radius 1 is 1.24 bits per heavy atom. The molecule has 2 atom stereocenters. The number of H-pyrrole nitrogens is 1. The van der Waals surface area contributed by atoms with Gasteiger partial charge in [0.2, 0.25) is 0 Å². The molecule has 2 aliphatic rings. The maximum absolute atomic E-state index is 13.5. The number of aliphatic hydroxyl groups is 1. The number of likely N-dealkylation sites (tertiary alicyclic amines) is 1. The summed E-state index contributed by atoms with van der Waals surface area (Å²) in [6.45, 7) is 1.60. The Balaban J connectivity index is 1.40. The number of aliphatic hydroxyl groups excluding tert-OH is 1. The first-order valence-corrected chi connectivity index (χ1v) is 11.1. The van der Waals surface area contributed by atoms with E-state index in [0.29, 0.717) is 43.9 Å². The number of nitrogens with one attached hydrogen (secondary N) is 1. The van der Waals surface area contributed by atoms with E-state index < -0.39 is 22.7 Å². The van der Waals surface area contributed by atoms with Gasteiger partial charge in [0.1, 0.15) is 0 Å². The average Bonchev–Trinajstić information content (AvgIpc) is 3.47. The number of hydrogen-bond donors (Lipinski definition) is 2. The molecule has 0 spiro atoms. The van der Waals surface area contributed by atoms with E-state index in [1.165, 1.54) is 12.1 Å². The SMILES string of the molecule is N#Cc1ccc(N2CC[C@@]3(CO)CN(C(=O)c4cccc5[nH]ccc45)C[C@H]3C2)cc1C(F)(F)F. The van der Waals surface area contributed by atoms with Crippen LogP contribution in [-0.4, -0.2) is 53.7 Å². The van der Waals surface area contributed by atoms with Gasteiger partial charge >= 0.3 is 6.18 Å². The Kier molecular flexibility index (Phi) is 5.29. The van der Waals surface area contributed by atoms with Gasteiger partial charge in [-0.05, 0) is 42.8 Å². The zero-order chi connectivity index (χ0) is 24.1. The number of carbonyl (C=O) groups excluding carboxylic acids is 1. The maximum Gasteiger partial charge on any atom is 0.417 e. The van der Waals surface area contributed by atoms with Gasteiger partial charge < -0.3 is 19.9 Å². The van der Waals surface area contributed by atoms with Crippen molar-refractivity contribution in [1.29, 1.82) is 5.26 Å². The number of hydrogen-bond acceptors (Lipinski definition) is 4. The molecule has 6 nitrogen and oxygen atoms in total. The molecule has 34 heavy (non-hydrogen) atoms. The number of rotatable bonds is 3. The summed E-state index contributed by atoms with van der Waals surface area (Å²) in [5.41, 5.74) is -0.00267. The second-order valence-electron chi connectivity index (χ2n) is 9.18. The lowest BCUT2D eigenvalue weighted by molar-refractivity contribution is -0.137. The number of amides is 1. The largest absolute Gasteiger partial charge is 0.417 e. The molecule has 0 bridgehead atoms. The molecule has 3 heterocycles. The van der Waals surface area contributed by atoms with Crippen LogP contribution in [0.3, 0.4) is 0 Å². The zero-order valence-electron chi connectivity index (χ0n) is 18.3. The third kappa shape index (κ3) is 3.59. The van der Waals surface area contributed by atoms with Gasteiger partial charge in [0.15, 0.2) is 0 Å². The van der Waals surface area contributed by atoms with Crippen LogP contribution in [0.4, 0.5) is 18.9 Å². The summed E-state index contributed by atoms with van der Waals surface area (Å²) in [5, 5.41) is 20.2. The fourth-order valence-corrected chi connectivity index (χ4v) is 5.43. The van der Waals surface area contributed by atoms with Gasteiger partial charge in [0.05, 0.1) is 23.8 Å². The highest BCUT2D eigenvalue weighted by atomic mass is 19.4. The Morgan fingerprint density at radius 2 is 2.06 bits per heavy atom. The predicted molar refractivity (Wildman–Crippen MR) is 120 cm³/mol. The van der Waals surface area contributed by atoms with Crippen molar-refractivity contribution in [2.75, 3.05) is 37.7 Å². The van der Waals surface area contributed by atoms with E-state index in [-0.39, 0.29) is 18.4 Å². The van der Waals surface area contributed by atoms with Crippen LogP contribution in [0.1, 0.15) is 27.9 Å². The molecule has 2 fully saturated rings. The normalized spacial score (nSPS) is 22.6. The van der Waals surface area contributed by atoms with Crippen molar-refractivity contribution in [3.05, 3.63) is 65.4 Å². The molecule has 1 aromatic heterocycles. The van der Waals surface area contributed by atoms with E-state index in [9.17, 15) is 23.1 Å². The standard InChI is InChI=1S/C25H23F3N4O2/c26-25(27,28)21-10-18(5-4-16(21)11-29)31-9-7-24(15-33)14-32(13-17(24)12-31)23(34)20-2-1-3-22-19(20)6-8-30-22/h1-6,8,10,17,30,33H,7,9,12-15H2/t17-,24+/m1/s1. The summed E-state index contributed by atoms with van der Waals surface area (Å²) in [5.74, 6) is -0.206. The first-order chi connectivity index (χ1) is 16.3. The van der Waals surface area contributed by atoms with Crippen molar-refractivity contribution in [3.63, 3.8) is 0 Å². The molecule has 9 heteroatoms. The molecule has 176 valence electrons. The van der Waals surface area contributed by atoms with Crippen LogP contribution < -0.4 is 4.90 Å². The van der Waals surface area contributed by atoms with Gasteiger partial charge in [-0.15, -0.1) is 0 Å². The van der Waals surface area contributed by atoms with Crippen LogP contribution in [-0.2, 0) is 6.18 Å². The number of aromatic nitrogens is 1. The van der Waals surface area contributed by atoms with E-state index in [1.54, 1.807) is 23.2 Å². The van der Waals surface area contributed by atoms with Crippen LogP contribution >= 0.6 is 0 Å². The average molecular weight is 468 g/mol. The molecule has 3 aromatic rings. The number of nitrogens with zero attached hydrogens (tertiary/aromatic N) is 3. The van der Waals surface area contributed by atoms with E-state index in [0.717, 1.165) is 17.0 Å². The molecule has 2 aromatic carbocycles. The molecule has 0 radical (unpaired) electrons. The molecule has 5 rings (SSSR count). The lowest BCUT2D eigenvalue weighted by atomic mass is 9.73. The molecule has 0 unspecified atom stereocenters. The minimum absolute atomic E-state index is 0.0920. The number of halogens is 3. The number of aromatic amines is 1. The first-order valence-electron chi connectivity index (χ1n) is 11.1. The monoisotopic (exact) mass is 468 g/mol. The second-order valence-corrected chi connectivity index (χ2v) is 9.18. The van der Waals surface area contributed by atoms with Crippen LogP contribution in [0.2, 0.25) is 0 Å². The van der Waals surface area contributed by atoms with Crippen LogP contribution in [0.5, 0.6) is 0 Å². The van der Waals surface area contributed by atoms with Crippen LogP contribution in [0.15, 0.2) is 48.7 Å². The smallest absolute Gasteiger partial charge is 0.396 e. The molecular formula is C25H23F3N4O2. The molecule has 0 saturated carbocycles. The fourth-order valence-electron chi connectivity index (χ4n) is 5.43. The third-order valence-corrected chi connectivity index (χ3v) is 7.35. The molecule has 2 aliphatic heterocycles. The predicted octanol–water partition coefficient (Wildman–Crippen LogP) is 4.02. The third-order valence-electron chi connectivity index (χ3n) is 7.35. The van der Waals surface area contributed by atoms with Crippen molar-refractivity contribution < 1.29 is 23.1 Å². The van der Waals surface area contributed by atoms with Gasteiger partial charge in [0, 0.05) is 65.9 Å². The summed E-state index contributed by atoms with van der Waals surface area (Å²) < 4.78 is 40.4. The highest BCUT2D eigenvalue weighted by molar-refractivity contribution is 6.06. The van der Waals surface area contributed by atoms with Gasteiger partial charge in [0.25, 0.3) is 5.91 Å². The molecule has 0 aliphatic carbocycles. The minimum Gasteiger partial charge on any atom is -0.396 e. The van der Waals surface area contributed by atoms with E-state index in [1.807, 2.05) is 23.1 Å². The van der Waals surface area contributed by atoms with Gasteiger partial charge in [-0.2, -0.15) is 18.4 Å². The Hall–Kier alpha value is -3.51. The van der Waals surface area contributed by atoms with Crippen molar-refractivity contribution in [1.82, 2.24) is 9.88 Å². The van der Waals surface area contributed by atoms with E-state index >= 15 is 0 Å². The number of nitriles is 1. The van der Waals surface area contributed by atoms with Crippen molar-refractivity contribution in [3.8, 4) is 6.07 Å². The fraction of sp³-hybridized carbons (Fsp3) is 0.360. The summed E-state index contributed by atoms with van der Waals surface area (Å²) in [7, 11) is 0.